The molecule has 0 N–H and O–H groups in total. The largest absolute Gasteiger partial charge is 0.299 e. The van der Waals surface area contributed by atoms with E-state index in [0.717, 1.165) is 38.5 Å². The summed E-state index contributed by atoms with van der Waals surface area (Å²) < 4.78 is 0. The van der Waals surface area contributed by atoms with Crippen molar-refractivity contribution in [2.45, 2.75) is 51.9 Å². The molecule has 1 fully saturated rings. The Morgan fingerprint density at radius 1 is 1.46 bits per heavy atom. The van der Waals surface area contributed by atoms with Crippen LogP contribution in [0, 0.1) is 5.41 Å². The SMILES string of the molecule is CCCC1=CCC[C@@]12CCCC2=O. The van der Waals surface area contributed by atoms with Crippen molar-refractivity contribution in [3.05, 3.63) is 11.6 Å². The minimum atomic E-state index is 0.0377. The van der Waals surface area contributed by atoms with E-state index in [9.17, 15) is 4.79 Å². The highest BCUT2D eigenvalue weighted by Crippen LogP contribution is 2.50. The molecule has 13 heavy (non-hydrogen) atoms. The van der Waals surface area contributed by atoms with Crippen molar-refractivity contribution in [3.8, 4) is 0 Å². The third kappa shape index (κ3) is 1.25. The van der Waals surface area contributed by atoms with Gasteiger partial charge in [-0.3, -0.25) is 4.79 Å². The Bertz CT molecular complexity index is 252. The third-order valence-electron chi connectivity index (χ3n) is 3.64. The van der Waals surface area contributed by atoms with Gasteiger partial charge < -0.3 is 0 Å². The summed E-state index contributed by atoms with van der Waals surface area (Å²) in [6.07, 6.45) is 10.0. The van der Waals surface area contributed by atoms with Crippen LogP contribution in [0.2, 0.25) is 0 Å². The van der Waals surface area contributed by atoms with Crippen LogP contribution in [0.3, 0.4) is 0 Å². The number of allylic oxidation sites excluding steroid dienone is 2. The van der Waals surface area contributed by atoms with Gasteiger partial charge in [-0.2, -0.15) is 0 Å². The molecule has 1 spiro atoms. The number of ketones is 1. The molecule has 0 unspecified atom stereocenters. The highest BCUT2D eigenvalue weighted by atomic mass is 16.1. The molecule has 0 amide bonds. The molecule has 0 aromatic heterocycles. The first-order chi connectivity index (χ1) is 6.29. The second-order valence-electron chi connectivity index (χ2n) is 4.38. The van der Waals surface area contributed by atoms with Gasteiger partial charge in [0.25, 0.3) is 0 Å². The molecule has 0 saturated heterocycles. The first-order valence-corrected chi connectivity index (χ1v) is 5.52. The molecule has 2 aliphatic rings. The van der Waals surface area contributed by atoms with Crippen molar-refractivity contribution in [2.75, 3.05) is 0 Å². The number of carbonyl (C=O) groups is 1. The molecule has 0 bridgehead atoms. The minimum Gasteiger partial charge on any atom is -0.299 e. The van der Waals surface area contributed by atoms with Gasteiger partial charge in [0.2, 0.25) is 0 Å². The summed E-state index contributed by atoms with van der Waals surface area (Å²) in [6.45, 7) is 2.20. The van der Waals surface area contributed by atoms with Gasteiger partial charge in [-0.15, -0.1) is 0 Å². The molecule has 1 heteroatoms. The van der Waals surface area contributed by atoms with Gasteiger partial charge in [0.15, 0.2) is 0 Å². The second-order valence-corrected chi connectivity index (χ2v) is 4.38. The van der Waals surface area contributed by atoms with Crippen molar-refractivity contribution < 1.29 is 4.79 Å². The number of hydrogen-bond acceptors (Lipinski definition) is 1. The van der Waals surface area contributed by atoms with Crippen LogP contribution in [0.15, 0.2) is 11.6 Å². The van der Waals surface area contributed by atoms with E-state index in [4.69, 9.17) is 0 Å². The van der Waals surface area contributed by atoms with Crippen LogP contribution in [0.5, 0.6) is 0 Å². The molecule has 0 aliphatic heterocycles. The van der Waals surface area contributed by atoms with E-state index in [1.807, 2.05) is 0 Å². The van der Waals surface area contributed by atoms with E-state index in [-0.39, 0.29) is 5.41 Å². The molecule has 0 radical (unpaired) electrons. The smallest absolute Gasteiger partial charge is 0.143 e. The van der Waals surface area contributed by atoms with Crippen molar-refractivity contribution in [1.82, 2.24) is 0 Å². The Labute approximate surface area is 80.2 Å². The van der Waals surface area contributed by atoms with Crippen LogP contribution >= 0.6 is 0 Å². The van der Waals surface area contributed by atoms with E-state index in [1.165, 1.54) is 12.0 Å². The Kier molecular flexibility index (Phi) is 2.27. The van der Waals surface area contributed by atoms with Crippen LogP contribution in [-0.2, 0) is 4.79 Å². The lowest BCUT2D eigenvalue weighted by atomic mass is 9.77. The van der Waals surface area contributed by atoms with Gasteiger partial charge in [0, 0.05) is 6.42 Å². The van der Waals surface area contributed by atoms with Gasteiger partial charge in [-0.1, -0.05) is 25.0 Å². The quantitative estimate of drug-likeness (QED) is 0.593. The van der Waals surface area contributed by atoms with Crippen molar-refractivity contribution in [1.29, 1.82) is 0 Å². The number of Topliss-reactive ketones (excluding diaryl/α,β-unsaturated/α-hetero) is 1. The summed E-state index contributed by atoms with van der Waals surface area (Å²) in [5.41, 5.74) is 1.51. The predicted octanol–water partition coefficient (Wildman–Crippen LogP) is 3.25. The molecule has 0 aromatic carbocycles. The Hall–Kier alpha value is -0.590. The van der Waals surface area contributed by atoms with Crippen LogP contribution in [0.25, 0.3) is 0 Å². The zero-order valence-electron chi connectivity index (χ0n) is 8.44. The van der Waals surface area contributed by atoms with E-state index in [1.54, 1.807) is 0 Å². The molecule has 0 aromatic rings. The van der Waals surface area contributed by atoms with Crippen molar-refractivity contribution >= 4 is 5.78 Å². The number of hydrogen-bond donors (Lipinski definition) is 0. The molecular formula is C12H18O. The summed E-state index contributed by atoms with van der Waals surface area (Å²) in [6, 6.07) is 0. The Morgan fingerprint density at radius 3 is 2.92 bits per heavy atom. The molecule has 1 atom stereocenters. The Morgan fingerprint density at radius 2 is 2.31 bits per heavy atom. The van der Waals surface area contributed by atoms with Crippen LogP contribution < -0.4 is 0 Å². The maximum atomic E-state index is 11.8. The topological polar surface area (TPSA) is 17.1 Å². The summed E-state index contributed by atoms with van der Waals surface area (Å²) >= 11 is 0. The fourth-order valence-corrected chi connectivity index (χ4v) is 2.99. The average Bonchev–Trinajstić information content (AvgIpc) is 2.65. The maximum absolute atomic E-state index is 11.8. The zero-order valence-corrected chi connectivity index (χ0v) is 8.44. The fraction of sp³-hybridized carbons (Fsp3) is 0.750. The lowest BCUT2D eigenvalue weighted by molar-refractivity contribution is -0.124. The zero-order chi connectivity index (χ0) is 9.31. The minimum absolute atomic E-state index is 0.0377. The van der Waals surface area contributed by atoms with Crippen molar-refractivity contribution in [2.24, 2.45) is 5.41 Å². The molecule has 72 valence electrons. The molecule has 2 rings (SSSR count). The standard InChI is InChI=1S/C12H18O/c1-2-5-10-6-3-8-12(10)9-4-7-11(12)13/h6H,2-5,7-9H2,1H3/t12-/m1/s1. The van der Waals surface area contributed by atoms with Gasteiger partial charge in [0.05, 0.1) is 5.41 Å². The van der Waals surface area contributed by atoms with Gasteiger partial charge >= 0.3 is 0 Å². The first-order valence-electron chi connectivity index (χ1n) is 5.52. The highest BCUT2D eigenvalue weighted by Gasteiger charge is 2.45. The fourth-order valence-electron chi connectivity index (χ4n) is 2.99. The average molecular weight is 178 g/mol. The number of carbonyl (C=O) groups excluding carboxylic acids is 1. The highest BCUT2D eigenvalue weighted by molar-refractivity contribution is 5.90. The van der Waals surface area contributed by atoms with E-state index >= 15 is 0 Å². The van der Waals surface area contributed by atoms with E-state index < -0.39 is 0 Å². The van der Waals surface area contributed by atoms with Gasteiger partial charge in [-0.25, -0.2) is 0 Å². The van der Waals surface area contributed by atoms with Crippen molar-refractivity contribution in [3.63, 3.8) is 0 Å². The molecule has 0 heterocycles. The molecular weight excluding hydrogens is 160 g/mol. The summed E-state index contributed by atoms with van der Waals surface area (Å²) in [5, 5.41) is 0. The lowest BCUT2D eigenvalue weighted by Crippen LogP contribution is -2.25. The van der Waals surface area contributed by atoms with Crippen LogP contribution in [0.1, 0.15) is 51.9 Å². The van der Waals surface area contributed by atoms with Gasteiger partial charge in [-0.05, 0) is 32.1 Å². The summed E-state index contributed by atoms with van der Waals surface area (Å²) in [5.74, 6) is 0.532. The second kappa shape index (κ2) is 3.28. The third-order valence-corrected chi connectivity index (χ3v) is 3.64. The maximum Gasteiger partial charge on any atom is 0.143 e. The monoisotopic (exact) mass is 178 g/mol. The Balaban J connectivity index is 2.22. The van der Waals surface area contributed by atoms with Crippen LogP contribution in [0.4, 0.5) is 0 Å². The van der Waals surface area contributed by atoms with Gasteiger partial charge in [0.1, 0.15) is 5.78 Å². The first kappa shape index (κ1) is 8.98. The normalized spacial score (nSPS) is 33.0. The molecule has 1 nitrogen and oxygen atoms in total. The molecule has 2 aliphatic carbocycles. The van der Waals surface area contributed by atoms with Crippen LogP contribution in [-0.4, -0.2) is 5.78 Å². The summed E-state index contributed by atoms with van der Waals surface area (Å²) in [4.78, 5) is 11.8. The molecule has 1 saturated carbocycles. The lowest BCUT2D eigenvalue weighted by Gasteiger charge is -2.25. The summed E-state index contributed by atoms with van der Waals surface area (Å²) in [7, 11) is 0. The van der Waals surface area contributed by atoms with E-state index in [2.05, 4.69) is 13.0 Å². The van der Waals surface area contributed by atoms with E-state index in [0.29, 0.717) is 5.78 Å². The number of rotatable bonds is 2. The predicted molar refractivity (Wildman–Crippen MR) is 53.5 cm³/mol.